The van der Waals surface area contributed by atoms with Gasteiger partial charge in [-0.1, -0.05) is 17.7 Å². The molecule has 3 amide bonds. The summed E-state index contributed by atoms with van der Waals surface area (Å²) in [4.78, 5) is 25.9. The maximum absolute atomic E-state index is 11.8. The number of anilines is 1. The minimum atomic E-state index is -0.802. The molecule has 1 aromatic rings. The van der Waals surface area contributed by atoms with Crippen molar-refractivity contribution in [2.75, 3.05) is 31.1 Å². The van der Waals surface area contributed by atoms with E-state index in [0.717, 1.165) is 41.8 Å². The molecule has 0 spiro atoms. The minimum absolute atomic E-state index is 0.293. The van der Waals surface area contributed by atoms with Gasteiger partial charge >= 0.3 is 6.03 Å². The van der Waals surface area contributed by atoms with Gasteiger partial charge in [0.15, 0.2) is 6.04 Å². The average Bonchev–Trinajstić information content (AvgIpc) is 2.46. The van der Waals surface area contributed by atoms with Crippen LogP contribution in [-0.2, 0) is 4.79 Å². The lowest BCUT2D eigenvalue weighted by Gasteiger charge is -2.35. The number of nitrogens with two attached hydrogens (primary N) is 1. The van der Waals surface area contributed by atoms with E-state index in [2.05, 4.69) is 10.2 Å². The van der Waals surface area contributed by atoms with E-state index < -0.39 is 6.03 Å². The molecule has 1 aromatic carbocycles. The van der Waals surface area contributed by atoms with Gasteiger partial charge in [0.05, 0.1) is 26.2 Å². The van der Waals surface area contributed by atoms with Crippen LogP contribution in [0.3, 0.4) is 0 Å². The largest absolute Gasteiger partial charge is 0.360 e. The fraction of sp³-hybridized carbons (Fsp3) is 0.429. The van der Waals surface area contributed by atoms with Crippen molar-refractivity contribution in [1.29, 1.82) is 0 Å². The van der Waals surface area contributed by atoms with E-state index in [-0.39, 0.29) is 11.9 Å². The van der Waals surface area contributed by atoms with Crippen LogP contribution < -0.4 is 20.9 Å². The van der Waals surface area contributed by atoms with Gasteiger partial charge in [-0.05, 0) is 25.1 Å². The van der Waals surface area contributed by atoms with Crippen LogP contribution in [0.15, 0.2) is 24.3 Å². The van der Waals surface area contributed by atoms with Crippen molar-refractivity contribution in [1.82, 2.24) is 5.32 Å². The summed E-state index contributed by atoms with van der Waals surface area (Å²) < 4.78 is 0. The first-order valence-corrected chi connectivity index (χ1v) is 7.30. The molecule has 0 radical (unpaired) electrons. The number of carbonyl (C=O) groups is 2. The number of rotatable bonds is 3. The summed E-state index contributed by atoms with van der Waals surface area (Å²) in [6, 6.07) is 6.65. The van der Waals surface area contributed by atoms with Crippen molar-refractivity contribution in [2.45, 2.75) is 13.0 Å². The predicted octanol–water partition coefficient (Wildman–Crippen LogP) is -0.372. The van der Waals surface area contributed by atoms with E-state index in [0.29, 0.717) is 0 Å². The van der Waals surface area contributed by atoms with Crippen LogP contribution in [0.25, 0.3) is 0 Å². The average molecular weight is 312 g/mol. The maximum atomic E-state index is 11.8. The number of nitrogens with one attached hydrogen (secondary N) is 2. The molecule has 0 aromatic heterocycles. The van der Waals surface area contributed by atoms with Crippen molar-refractivity contribution in [3.05, 3.63) is 29.3 Å². The van der Waals surface area contributed by atoms with Crippen LogP contribution in [-0.4, -0.2) is 44.2 Å². The number of benzene rings is 1. The van der Waals surface area contributed by atoms with Crippen LogP contribution in [0.4, 0.5) is 10.5 Å². The second-order valence-electron chi connectivity index (χ2n) is 5.20. The molecule has 1 aliphatic rings. The molecule has 21 heavy (non-hydrogen) atoms. The van der Waals surface area contributed by atoms with Crippen molar-refractivity contribution < 1.29 is 14.5 Å². The van der Waals surface area contributed by atoms with Gasteiger partial charge in [0.1, 0.15) is 0 Å². The van der Waals surface area contributed by atoms with E-state index in [1.807, 2.05) is 31.2 Å². The van der Waals surface area contributed by atoms with Crippen LogP contribution in [0.2, 0.25) is 5.02 Å². The van der Waals surface area contributed by atoms with E-state index in [1.165, 1.54) is 0 Å². The summed E-state index contributed by atoms with van der Waals surface area (Å²) in [5.41, 5.74) is 6.07. The Morgan fingerprint density at radius 1 is 1.38 bits per heavy atom. The molecule has 1 saturated heterocycles. The molecule has 1 atom stereocenters. The summed E-state index contributed by atoms with van der Waals surface area (Å²) in [5.74, 6) is -0.325. The van der Waals surface area contributed by atoms with E-state index >= 15 is 0 Å². The number of carbonyl (C=O) groups excluding carboxylic acids is 2. The van der Waals surface area contributed by atoms with Crippen LogP contribution in [0.1, 0.15) is 6.92 Å². The Morgan fingerprint density at radius 3 is 2.62 bits per heavy atom. The molecular formula is C14H20ClN4O2+. The highest BCUT2D eigenvalue weighted by atomic mass is 35.5. The molecule has 0 unspecified atom stereocenters. The van der Waals surface area contributed by atoms with Crippen LogP contribution in [0, 0.1) is 0 Å². The van der Waals surface area contributed by atoms with Gasteiger partial charge in [0.25, 0.3) is 5.91 Å². The number of nitrogens with zero attached hydrogens (tertiary/aromatic N) is 1. The summed E-state index contributed by atoms with van der Waals surface area (Å²) in [5, 5.41) is 2.86. The molecule has 1 heterocycles. The smallest absolute Gasteiger partial charge is 0.319 e. The number of halogens is 1. The van der Waals surface area contributed by atoms with E-state index in [1.54, 1.807) is 0 Å². The first-order valence-electron chi connectivity index (χ1n) is 6.93. The summed E-state index contributed by atoms with van der Waals surface area (Å²) in [6.45, 7) is 5.12. The lowest BCUT2D eigenvalue weighted by Crippen LogP contribution is -3.19. The van der Waals surface area contributed by atoms with Crippen molar-refractivity contribution in [3.8, 4) is 0 Å². The monoisotopic (exact) mass is 311 g/mol. The molecular weight excluding hydrogens is 292 g/mol. The number of urea groups is 1. The quantitative estimate of drug-likeness (QED) is 0.712. The third kappa shape index (κ3) is 4.09. The Hall–Kier alpha value is -1.79. The fourth-order valence-corrected chi connectivity index (χ4v) is 2.76. The fourth-order valence-electron chi connectivity index (χ4n) is 2.57. The lowest BCUT2D eigenvalue weighted by atomic mass is 10.2. The second-order valence-corrected chi connectivity index (χ2v) is 5.64. The number of imide groups is 1. The maximum Gasteiger partial charge on any atom is 0.319 e. The summed E-state index contributed by atoms with van der Waals surface area (Å²) in [7, 11) is 0. The first-order chi connectivity index (χ1) is 9.97. The Morgan fingerprint density at radius 2 is 2.05 bits per heavy atom. The van der Waals surface area contributed by atoms with Crippen molar-refractivity contribution >= 4 is 29.2 Å². The van der Waals surface area contributed by atoms with Gasteiger partial charge in [-0.2, -0.15) is 0 Å². The number of hydrogen-bond acceptors (Lipinski definition) is 3. The third-order valence-electron chi connectivity index (χ3n) is 3.83. The number of amides is 3. The molecule has 4 N–H and O–H groups in total. The molecule has 2 rings (SSSR count). The van der Waals surface area contributed by atoms with Gasteiger partial charge in [0, 0.05) is 10.7 Å². The number of quaternary nitrogens is 1. The summed E-state index contributed by atoms with van der Waals surface area (Å²) >= 11 is 6.00. The predicted molar refractivity (Wildman–Crippen MR) is 81.5 cm³/mol. The normalized spacial score (nSPS) is 17.3. The zero-order valence-electron chi connectivity index (χ0n) is 11.9. The van der Waals surface area contributed by atoms with Crippen LogP contribution in [0.5, 0.6) is 0 Å². The standard InChI is InChI=1S/C14H19ClN4O2/c1-10(13(20)17-14(16)21)18-5-7-19(8-6-18)12-4-2-3-11(15)9-12/h2-4,9-10H,5-8H2,1H3,(H3,16,17,20,21)/p+1/t10-/m1/s1. The van der Waals surface area contributed by atoms with Gasteiger partial charge in [-0.3, -0.25) is 10.1 Å². The Labute approximate surface area is 128 Å². The molecule has 1 aliphatic heterocycles. The van der Waals surface area contributed by atoms with Gasteiger partial charge in [0.2, 0.25) is 0 Å². The molecule has 1 fully saturated rings. The lowest BCUT2D eigenvalue weighted by molar-refractivity contribution is -0.914. The SMILES string of the molecule is C[C@H](C(=O)NC(N)=O)[NH+]1CCN(c2cccc(Cl)c2)CC1. The minimum Gasteiger partial charge on any atom is -0.360 e. The number of hydrogen-bond donors (Lipinski definition) is 3. The topological polar surface area (TPSA) is 79.9 Å². The number of piperazine rings is 1. The Bertz CT molecular complexity index is 529. The zero-order chi connectivity index (χ0) is 15.4. The zero-order valence-corrected chi connectivity index (χ0v) is 12.7. The van der Waals surface area contributed by atoms with Gasteiger partial charge in [-0.25, -0.2) is 4.79 Å². The van der Waals surface area contributed by atoms with E-state index in [9.17, 15) is 9.59 Å². The molecule has 114 valence electrons. The molecule has 0 saturated carbocycles. The van der Waals surface area contributed by atoms with Crippen molar-refractivity contribution in [2.24, 2.45) is 5.73 Å². The molecule has 6 nitrogen and oxygen atoms in total. The highest BCUT2D eigenvalue weighted by Crippen LogP contribution is 2.19. The van der Waals surface area contributed by atoms with Gasteiger partial charge in [-0.15, -0.1) is 0 Å². The highest BCUT2D eigenvalue weighted by Gasteiger charge is 2.29. The first kappa shape index (κ1) is 15.6. The molecule has 0 bridgehead atoms. The molecule has 7 heteroatoms. The van der Waals surface area contributed by atoms with Crippen molar-refractivity contribution in [3.63, 3.8) is 0 Å². The van der Waals surface area contributed by atoms with Crippen LogP contribution >= 0.6 is 11.6 Å². The van der Waals surface area contributed by atoms with E-state index in [4.69, 9.17) is 17.3 Å². The van der Waals surface area contributed by atoms with Gasteiger partial charge < -0.3 is 15.5 Å². The second kappa shape index (κ2) is 6.78. The Kier molecular flexibility index (Phi) is 5.03. The number of primary amides is 1. The molecule has 0 aliphatic carbocycles. The third-order valence-corrected chi connectivity index (χ3v) is 4.07. The summed E-state index contributed by atoms with van der Waals surface area (Å²) in [6.07, 6.45) is 0. The Balaban J connectivity index is 1.91. The highest BCUT2D eigenvalue weighted by molar-refractivity contribution is 6.30.